The van der Waals surface area contributed by atoms with Crippen LogP contribution in [0.3, 0.4) is 0 Å². The summed E-state index contributed by atoms with van der Waals surface area (Å²) in [7, 11) is 0. The van der Waals surface area contributed by atoms with Gasteiger partial charge < -0.3 is 10.5 Å². The van der Waals surface area contributed by atoms with Crippen molar-refractivity contribution in [1.82, 2.24) is 0 Å². The lowest BCUT2D eigenvalue weighted by Crippen LogP contribution is -2.33. The smallest absolute Gasteiger partial charge is 0.119 e. The SMILES string of the molecule is CCOc1ccc(C2(N)CC=CC2)cc1. The minimum absolute atomic E-state index is 0.190. The summed E-state index contributed by atoms with van der Waals surface area (Å²) in [4.78, 5) is 0. The molecule has 0 radical (unpaired) electrons. The highest BCUT2D eigenvalue weighted by atomic mass is 16.5. The Kier molecular flexibility index (Phi) is 2.78. The maximum absolute atomic E-state index is 6.30. The Morgan fingerprint density at radius 3 is 2.33 bits per heavy atom. The fourth-order valence-electron chi connectivity index (χ4n) is 1.96. The van der Waals surface area contributed by atoms with Crippen LogP contribution in [-0.4, -0.2) is 6.61 Å². The Bertz CT molecular complexity index is 345. The molecule has 0 fully saturated rings. The summed E-state index contributed by atoms with van der Waals surface area (Å²) < 4.78 is 5.40. The minimum atomic E-state index is -0.190. The van der Waals surface area contributed by atoms with Gasteiger partial charge in [0.25, 0.3) is 0 Å². The summed E-state index contributed by atoms with van der Waals surface area (Å²) in [6, 6.07) is 8.12. The van der Waals surface area contributed by atoms with Crippen molar-refractivity contribution in [3.05, 3.63) is 42.0 Å². The second-order valence-electron chi connectivity index (χ2n) is 3.99. The molecule has 2 heteroatoms. The zero-order valence-corrected chi connectivity index (χ0v) is 9.07. The molecule has 1 aliphatic rings. The molecular weight excluding hydrogens is 186 g/mol. The van der Waals surface area contributed by atoms with Crippen LogP contribution in [0.2, 0.25) is 0 Å². The van der Waals surface area contributed by atoms with Gasteiger partial charge >= 0.3 is 0 Å². The first kappa shape index (κ1) is 10.2. The number of hydrogen-bond acceptors (Lipinski definition) is 2. The summed E-state index contributed by atoms with van der Waals surface area (Å²) in [5.41, 5.74) is 7.30. The standard InChI is InChI=1S/C13H17NO/c1-2-15-12-7-5-11(6-8-12)13(14)9-3-4-10-13/h3-8H,2,9-10,14H2,1H3. The second kappa shape index (κ2) is 4.07. The second-order valence-corrected chi connectivity index (χ2v) is 3.99. The van der Waals surface area contributed by atoms with Crippen molar-refractivity contribution in [2.45, 2.75) is 25.3 Å². The average molecular weight is 203 g/mol. The first-order valence-electron chi connectivity index (χ1n) is 5.42. The summed E-state index contributed by atoms with van der Waals surface area (Å²) in [6.45, 7) is 2.69. The molecule has 2 nitrogen and oxygen atoms in total. The first-order valence-corrected chi connectivity index (χ1v) is 5.42. The molecular formula is C13H17NO. The van der Waals surface area contributed by atoms with Crippen molar-refractivity contribution in [3.8, 4) is 5.75 Å². The van der Waals surface area contributed by atoms with E-state index in [1.807, 2.05) is 19.1 Å². The van der Waals surface area contributed by atoms with Crippen LogP contribution >= 0.6 is 0 Å². The largest absolute Gasteiger partial charge is 0.494 e. The molecule has 0 atom stereocenters. The van der Waals surface area contributed by atoms with Gasteiger partial charge in [-0.3, -0.25) is 0 Å². The molecule has 0 heterocycles. The van der Waals surface area contributed by atoms with Gasteiger partial charge in [-0.1, -0.05) is 24.3 Å². The summed E-state index contributed by atoms with van der Waals surface area (Å²) in [5.74, 6) is 0.913. The number of nitrogens with two attached hydrogens (primary N) is 1. The van der Waals surface area contributed by atoms with Crippen LogP contribution in [-0.2, 0) is 5.54 Å². The van der Waals surface area contributed by atoms with Crippen molar-refractivity contribution < 1.29 is 4.74 Å². The Morgan fingerprint density at radius 2 is 1.80 bits per heavy atom. The minimum Gasteiger partial charge on any atom is -0.494 e. The maximum Gasteiger partial charge on any atom is 0.119 e. The zero-order valence-electron chi connectivity index (χ0n) is 9.07. The summed E-state index contributed by atoms with van der Waals surface area (Å²) in [6.07, 6.45) is 6.16. The van der Waals surface area contributed by atoms with E-state index in [0.29, 0.717) is 6.61 Å². The zero-order chi connectivity index (χ0) is 10.7. The van der Waals surface area contributed by atoms with Gasteiger partial charge in [0.1, 0.15) is 5.75 Å². The van der Waals surface area contributed by atoms with Crippen LogP contribution in [0.4, 0.5) is 0 Å². The normalized spacial score (nSPS) is 18.0. The van der Waals surface area contributed by atoms with Crippen molar-refractivity contribution in [2.24, 2.45) is 5.73 Å². The van der Waals surface area contributed by atoms with Gasteiger partial charge in [-0.05, 0) is 37.5 Å². The van der Waals surface area contributed by atoms with Gasteiger partial charge in [0, 0.05) is 5.54 Å². The lowest BCUT2D eigenvalue weighted by molar-refractivity contribution is 0.339. The molecule has 15 heavy (non-hydrogen) atoms. The van der Waals surface area contributed by atoms with Crippen LogP contribution in [0.5, 0.6) is 5.75 Å². The lowest BCUT2D eigenvalue weighted by Gasteiger charge is -2.24. The van der Waals surface area contributed by atoms with Gasteiger partial charge in [-0.25, -0.2) is 0 Å². The Morgan fingerprint density at radius 1 is 1.20 bits per heavy atom. The Labute approximate surface area is 90.7 Å². The van der Waals surface area contributed by atoms with E-state index in [9.17, 15) is 0 Å². The first-order chi connectivity index (χ1) is 7.24. The molecule has 0 aromatic heterocycles. The third-order valence-corrected chi connectivity index (χ3v) is 2.87. The predicted molar refractivity (Wildman–Crippen MR) is 61.9 cm³/mol. The molecule has 2 rings (SSSR count). The molecule has 1 aromatic carbocycles. The van der Waals surface area contributed by atoms with E-state index in [4.69, 9.17) is 10.5 Å². The van der Waals surface area contributed by atoms with E-state index in [1.165, 1.54) is 5.56 Å². The fraction of sp³-hybridized carbons (Fsp3) is 0.385. The van der Waals surface area contributed by atoms with Crippen molar-refractivity contribution >= 4 is 0 Å². The average Bonchev–Trinajstić information content (AvgIpc) is 2.68. The quantitative estimate of drug-likeness (QED) is 0.766. The summed E-state index contributed by atoms with van der Waals surface area (Å²) >= 11 is 0. The molecule has 1 aromatic rings. The number of rotatable bonds is 3. The highest BCUT2D eigenvalue weighted by molar-refractivity contribution is 5.34. The van der Waals surface area contributed by atoms with Crippen molar-refractivity contribution in [2.75, 3.05) is 6.61 Å². The molecule has 2 N–H and O–H groups in total. The van der Waals surface area contributed by atoms with Crippen LogP contribution in [0, 0.1) is 0 Å². The van der Waals surface area contributed by atoms with Gasteiger partial charge in [-0.15, -0.1) is 0 Å². The van der Waals surface area contributed by atoms with Crippen LogP contribution in [0.25, 0.3) is 0 Å². The van der Waals surface area contributed by atoms with Crippen molar-refractivity contribution in [3.63, 3.8) is 0 Å². The Hall–Kier alpha value is -1.28. The van der Waals surface area contributed by atoms with Gasteiger partial charge in [0.15, 0.2) is 0 Å². The van der Waals surface area contributed by atoms with E-state index in [2.05, 4.69) is 24.3 Å². The molecule has 80 valence electrons. The molecule has 0 spiro atoms. The number of hydrogen-bond donors (Lipinski definition) is 1. The van der Waals surface area contributed by atoms with Crippen LogP contribution < -0.4 is 10.5 Å². The molecule has 0 aliphatic heterocycles. The highest BCUT2D eigenvalue weighted by Crippen LogP contribution is 2.32. The van der Waals surface area contributed by atoms with E-state index >= 15 is 0 Å². The topological polar surface area (TPSA) is 35.2 Å². The molecule has 0 amide bonds. The van der Waals surface area contributed by atoms with Gasteiger partial charge in [0.2, 0.25) is 0 Å². The number of benzene rings is 1. The third-order valence-electron chi connectivity index (χ3n) is 2.87. The van der Waals surface area contributed by atoms with E-state index < -0.39 is 0 Å². The number of ether oxygens (including phenoxy) is 1. The fourth-order valence-corrected chi connectivity index (χ4v) is 1.96. The van der Waals surface area contributed by atoms with Crippen molar-refractivity contribution in [1.29, 1.82) is 0 Å². The van der Waals surface area contributed by atoms with Gasteiger partial charge in [-0.2, -0.15) is 0 Å². The maximum atomic E-state index is 6.30. The summed E-state index contributed by atoms with van der Waals surface area (Å²) in [5, 5.41) is 0. The van der Waals surface area contributed by atoms with E-state index in [0.717, 1.165) is 18.6 Å². The van der Waals surface area contributed by atoms with E-state index in [1.54, 1.807) is 0 Å². The van der Waals surface area contributed by atoms with Crippen LogP contribution in [0.1, 0.15) is 25.3 Å². The molecule has 0 unspecified atom stereocenters. The molecule has 0 bridgehead atoms. The molecule has 0 saturated heterocycles. The lowest BCUT2D eigenvalue weighted by atomic mass is 9.89. The monoisotopic (exact) mass is 203 g/mol. The van der Waals surface area contributed by atoms with E-state index in [-0.39, 0.29) is 5.54 Å². The highest BCUT2D eigenvalue weighted by Gasteiger charge is 2.27. The Balaban J connectivity index is 2.16. The molecule has 0 saturated carbocycles. The third kappa shape index (κ3) is 2.05. The molecule has 1 aliphatic carbocycles. The predicted octanol–water partition coefficient (Wildman–Crippen LogP) is 2.59. The van der Waals surface area contributed by atoms with Crippen LogP contribution in [0.15, 0.2) is 36.4 Å². The van der Waals surface area contributed by atoms with Gasteiger partial charge in [0.05, 0.1) is 6.61 Å².